The molecule has 3 nitrogen and oxygen atoms in total. The van der Waals surface area contributed by atoms with Crippen molar-refractivity contribution in [2.45, 2.75) is 31.7 Å². The maximum absolute atomic E-state index is 12.5. The van der Waals surface area contributed by atoms with E-state index in [1.54, 1.807) is 0 Å². The lowest BCUT2D eigenvalue weighted by molar-refractivity contribution is 0.0639. The van der Waals surface area contributed by atoms with E-state index in [9.17, 15) is 4.79 Å². The Morgan fingerprint density at radius 3 is 2.94 bits per heavy atom. The number of carbonyl (C=O) groups is 1. The molecule has 2 unspecified atom stereocenters. The molecule has 0 bridgehead atoms. The van der Waals surface area contributed by atoms with Crippen LogP contribution in [0.25, 0.3) is 0 Å². The van der Waals surface area contributed by atoms with Crippen molar-refractivity contribution in [2.75, 3.05) is 6.54 Å². The molecule has 0 N–H and O–H groups in total. The van der Waals surface area contributed by atoms with Crippen LogP contribution in [0.1, 0.15) is 35.2 Å². The van der Waals surface area contributed by atoms with E-state index in [0.717, 1.165) is 43.4 Å². The minimum absolute atomic E-state index is 0.0270. The van der Waals surface area contributed by atoms with Gasteiger partial charge in [-0.3, -0.25) is 4.79 Å². The molecule has 0 aromatic heterocycles. The second kappa shape index (κ2) is 4.45. The Hall–Kier alpha value is -1.82. The number of fused-ring (bicyclic) bond motifs is 1. The molecule has 3 rings (SSSR count). The van der Waals surface area contributed by atoms with Gasteiger partial charge in [-0.15, -0.1) is 0 Å². The van der Waals surface area contributed by atoms with Gasteiger partial charge in [-0.05, 0) is 37.3 Å². The predicted octanol–water partition coefficient (Wildman–Crippen LogP) is 2.38. The highest BCUT2D eigenvalue weighted by atomic mass is 16.2. The van der Waals surface area contributed by atoms with Crippen LogP contribution in [0, 0.1) is 17.2 Å². The smallest absolute Gasteiger partial charge is 0.254 e. The van der Waals surface area contributed by atoms with Crippen molar-refractivity contribution in [3.63, 3.8) is 0 Å². The van der Waals surface area contributed by atoms with E-state index in [-0.39, 0.29) is 17.9 Å². The Morgan fingerprint density at radius 2 is 2.11 bits per heavy atom. The average molecular weight is 240 g/mol. The van der Waals surface area contributed by atoms with Gasteiger partial charge in [0.1, 0.15) is 0 Å². The predicted molar refractivity (Wildman–Crippen MR) is 67.9 cm³/mol. The molecule has 1 fully saturated rings. The number of carbonyl (C=O) groups excluding carboxylic acids is 1. The van der Waals surface area contributed by atoms with Crippen LogP contribution in [0.15, 0.2) is 24.3 Å². The molecule has 1 aliphatic carbocycles. The standard InChI is InChI=1S/C15H16N2O/c16-10-12-5-3-7-14(12)17-9-8-11-4-1-2-6-13(11)15(17)18/h1-2,4,6,12,14H,3,5,7-9H2. The SMILES string of the molecule is N#CC1CCCC1N1CCc2ccccc2C1=O. The van der Waals surface area contributed by atoms with Gasteiger partial charge in [0.25, 0.3) is 5.91 Å². The maximum atomic E-state index is 12.5. The van der Waals surface area contributed by atoms with Crippen molar-refractivity contribution in [2.24, 2.45) is 5.92 Å². The van der Waals surface area contributed by atoms with Crippen molar-refractivity contribution < 1.29 is 4.79 Å². The van der Waals surface area contributed by atoms with Crippen LogP contribution in [0.5, 0.6) is 0 Å². The highest BCUT2D eigenvalue weighted by Gasteiger charge is 2.37. The van der Waals surface area contributed by atoms with Gasteiger partial charge in [0.2, 0.25) is 0 Å². The van der Waals surface area contributed by atoms with Gasteiger partial charge in [0.05, 0.1) is 12.0 Å². The monoisotopic (exact) mass is 240 g/mol. The number of hydrogen-bond acceptors (Lipinski definition) is 2. The van der Waals surface area contributed by atoms with Crippen molar-refractivity contribution in [1.82, 2.24) is 4.90 Å². The highest BCUT2D eigenvalue weighted by molar-refractivity contribution is 5.97. The third kappa shape index (κ3) is 1.69. The molecule has 1 saturated carbocycles. The van der Waals surface area contributed by atoms with E-state index in [1.807, 2.05) is 29.2 Å². The first kappa shape index (κ1) is 11.3. The third-order valence-corrected chi connectivity index (χ3v) is 4.18. The van der Waals surface area contributed by atoms with E-state index >= 15 is 0 Å². The summed E-state index contributed by atoms with van der Waals surface area (Å²) < 4.78 is 0. The highest BCUT2D eigenvalue weighted by Crippen LogP contribution is 2.32. The van der Waals surface area contributed by atoms with E-state index in [2.05, 4.69) is 6.07 Å². The first-order chi connectivity index (χ1) is 8.81. The largest absolute Gasteiger partial charge is 0.334 e. The zero-order chi connectivity index (χ0) is 12.5. The van der Waals surface area contributed by atoms with Crippen LogP contribution in [0.2, 0.25) is 0 Å². The third-order valence-electron chi connectivity index (χ3n) is 4.18. The molecule has 1 aromatic carbocycles. The lowest BCUT2D eigenvalue weighted by Crippen LogP contribution is -2.46. The molecule has 1 aliphatic heterocycles. The van der Waals surface area contributed by atoms with Crippen LogP contribution in [-0.2, 0) is 6.42 Å². The molecule has 1 heterocycles. The second-order valence-electron chi connectivity index (χ2n) is 5.14. The Morgan fingerprint density at radius 1 is 1.28 bits per heavy atom. The van der Waals surface area contributed by atoms with Crippen molar-refractivity contribution in [1.29, 1.82) is 5.26 Å². The first-order valence-corrected chi connectivity index (χ1v) is 6.60. The fourth-order valence-electron chi connectivity index (χ4n) is 3.22. The molecule has 0 radical (unpaired) electrons. The Kier molecular flexibility index (Phi) is 2.79. The lowest BCUT2D eigenvalue weighted by atomic mass is 9.95. The minimum Gasteiger partial charge on any atom is -0.334 e. The summed E-state index contributed by atoms with van der Waals surface area (Å²) in [6.45, 7) is 0.763. The summed E-state index contributed by atoms with van der Waals surface area (Å²) in [7, 11) is 0. The molecule has 1 aromatic rings. The zero-order valence-corrected chi connectivity index (χ0v) is 10.3. The Balaban J connectivity index is 1.89. The molecule has 1 amide bonds. The Labute approximate surface area is 107 Å². The number of amides is 1. The first-order valence-electron chi connectivity index (χ1n) is 6.60. The van der Waals surface area contributed by atoms with Gasteiger partial charge >= 0.3 is 0 Å². The molecule has 2 aliphatic rings. The molecule has 3 heteroatoms. The van der Waals surface area contributed by atoms with Gasteiger partial charge in [-0.25, -0.2) is 0 Å². The van der Waals surface area contributed by atoms with Crippen molar-refractivity contribution in [3.8, 4) is 6.07 Å². The number of rotatable bonds is 1. The van der Waals surface area contributed by atoms with Crippen LogP contribution < -0.4 is 0 Å². The summed E-state index contributed by atoms with van der Waals surface area (Å²) in [5.74, 6) is 0.142. The second-order valence-corrected chi connectivity index (χ2v) is 5.14. The summed E-state index contributed by atoms with van der Waals surface area (Å²) in [5.41, 5.74) is 1.97. The van der Waals surface area contributed by atoms with Gasteiger partial charge in [0.15, 0.2) is 0 Å². The quantitative estimate of drug-likeness (QED) is 0.756. The van der Waals surface area contributed by atoms with Gasteiger partial charge in [-0.2, -0.15) is 5.26 Å². The molecule has 0 spiro atoms. The number of nitrogens with zero attached hydrogens (tertiary/aromatic N) is 2. The number of benzene rings is 1. The van der Waals surface area contributed by atoms with Crippen LogP contribution in [-0.4, -0.2) is 23.4 Å². The average Bonchev–Trinajstić information content (AvgIpc) is 2.88. The van der Waals surface area contributed by atoms with Gasteiger partial charge in [0, 0.05) is 18.2 Å². The maximum Gasteiger partial charge on any atom is 0.254 e. The summed E-state index contributed by atoms with van der Waals surface area (Å²) in [6.07, 6.45) is 3.89. The summed E-state index contributed by atoms with van der Waals surface area (Å²) in [6, 6.07) is 10.3. The zero-order valence-electron chi connectivity index (χ0n) is 10.3. The normalized spacial score (nSPS) is 26.8. The van der Waals surface area contributed by atoms with Gasteiger partial charge in [-0.1, -0.05) is 18.2 Å². The van der Waals surface area contributed by atoms with Crippen molar-refractivity contribution in [3.05, 3.63) is 35.4 Å². The molecular formula is C15H16N2O. The lowest BCUT2D eigenvalue weighted by Gasteiger charge is -2.34. The topological polar surface area (TPSA) is 44.1 Å². The van der Waals surface area contributed by atoms with E-state index in [0.29, 0.717) is 0 Å². The van der Waals surface area contributed by atoms with E-state index in [4.69, 9.17) is 5.26 Å². The minimum atomic E-state index is 0.0270. The summed E-state index contributed by atoms with van der Waals surface area (Å²) in [5, 5.41) is 9.16. The summed E-state index contributed by atoms with van der Waals surface area (Å²) in [4.78, 5) is 14.4. The van der Waals surface area contributed by atoms with Crippen molar-refractivity contribution >= 4 is 5.91 Å². The Bertz CT molecular complexity index is 517. The number of nitriles is 1. The van der Waals surface area contributed by atoms with Gasteiger partial charge < -0.3 is 4.90 Å². The fraction of sp³-hybridized carbons (Fsp3) is 0.467. The fourth-order valence-corrected chi connectivity index (χ4v) is 3.22. The summed E-state index contributed by atoms with van der Waals surface area (Å²) >= 11 is 0. The van der Waals surface area contributed by atoms with E-state index < -0.39 is 0 Å². The molecule has 0 saturated heterocycles. The van der Waals surface area contributed by atoms with Crippen LogP contribution in [0.3, 0.4) is 0 Å². The molecule has 18 heavy (non-hydrogen) atoms. The van der Waals surface area contributed by atoms with Crippen LogP contribution >= 0.6 is 0 Å². The number of hydrogen-bond donors (Lipinski definition) is 0. The molecule has 92 valence electrons. The van der Waals surface area contributed by atoms with E-state index in [1.165, 1.54) is 0 Å². The molecule has 2 atom stereocenters. The molecular weight excluding hydrogens is 224 g/mol. The van der Waals surface area contributed by atoms with Crippen LogP contribution in [0.4, 0.5) is 0 Å².